The summed E-state index contributed by atoms with van der Waals surface area (Å²) < 4.78 is 19.7. The first kappa shape index (κ1) is 15.7. The minimum absolute atomic E-state index is 0.190. The number of carboxylic acid groups (broad SMARTS) is 1. The second kappa shape index (κ2) is 6.91. The normalized spacial score (nSPS) is 11.0. The smallest absolute Gasteiger partial charge is 0.328 e. The fraction of sp³-hybridized carbons (Fsp3) is 0.0526. The number of hydrogen-bond acceptors (Lipinski definition) is 3. The van der Waals surface area contributed by atoms with E-state index in [2.05, 4.69) is 4.98 Å². The molecule has 3 aromatic rings. The van der Waals surface area contributed by atoms with E-state index in [1.165, 1.54) is 18.2 Å². The summed E-state index contributed by atoms with van der Waals surface area (Å²) in [5.74, 6) is -0.988. The predicted molar refractivity (Wildman–Crippen MR) is 89.1 cm³/mol. The monoisotopic (exact) mass is 323 g/mol. The Morgan fingerprint density at radius 1 is 1.21 bits per heavy atom. The first-order chi connectivity index (χ1) is 11.6. The number of halogens is 1. The number of carbonyl (C=O) groups is 1. The van der Waals surface area contributed by atoms with Crippen LogP contribution in [0.5, 0.6) is 5.75 Å². The Morgan fingerprint density at radius 3 is 2.83 bits per heavy atom. The van der Waals surface area contributed by atoms with Crippen LogP contribution in [0.2, 0.25) is 0 Å². The largest absolute Gasteiger partial charge is 0.487 e. The van der Waals surface area contributed by atoms with E-state index in [4.69, 9.17) is 9.84 Å². The average molecular weight is 323 g/mol. The zero-order chi connectivity index (χ0) is 16.9. The quantitative estimate of drug-likeness (QED) is 0.720. The summed E-state index contributed by atoms with van der Waals surface area (Å²) in [6, 6.07) is 14.0. The van der Waals surface area contributed by atoms with Crippen LogP contribution in [0.15, 0.2) is 60.8 Å². The lowest BCUT2D eigenvalue weighted by molar-refractivity contribution is -0.131. The number of ether oxygens (including phenoxy) is 1. The molecule has 0 spiro atoms. The van der Waals surface area contributed by atoms with Crippen molar-refractivity contribution in [3.05, 3.63) is 77.7 Å². The molecular weight excluding hydrogens is 309 g/mol. The molecule has 0 unspecified atom stereocenters. The molecule has 1 aromatic heterocycles. The molecule has 0 saturated carbocycles. The van der Waals surface area contributed by atoms with Crippen molar-refractivity contribution in [3.63, 3.8) is 0 Å². The van der Waals surface area contributed by atoms with Crippen molar-refractivity contribution >= 4 is 22.9 Å². The van der Waals surface area contributed by atoms with E-state index in [9.17, 15) is 9.18 Å². The van der Waals surface area contributed by atoms with Crippen molar-refractivity contribution in [1.82, 2.24) is 4.98 Å². The molecule has 0 aliphatic heterocycles. The van der Waals surface area contributed by atoms with Gasteiger partial charge in [0.25, 0.3) is 0 Å². The molecule has 0 saturated heterocycles. The van der Waals surface area contributed by atoms with Gasteiger partial charge in [0.1, 0.15) is 23.7 Å². The number of hydrogen-bond donors (Lipinski definition) is 1. The topological polar surface area (TPSA) is 59.4 Å². The number of aliphatic carboxylic acids is 1. The molecule has 120 valence electrons. The van der Waals surface area contributed by atoms with Gasteiger partial charge in [-0.05, 0) is 29.8 Å². The third kappa shape index (κ3) is 3.57. The Morgan fingerprint density at radius 2 is 2.04 bits per heavy atom. The predicted octanol–water partition coefficient (Wildman–Crippen LogP) is 4.05. The van der Waals surface area contributed by atoms with E-state index >= 15 is 0 Å². The molecule has 0 aliphatic rings. The van der Waals surface area contributed by atoms with Crippen molar-refractivity contribution in [1.29, 1.82) is 0 Å². The lowest BCUT2D eigenvalue weighted by Crippen LogP contribution is -1.98. The lowest BCUT2D eigenvalue weighted by Gasteiger charge is -2.09. The number of rotatable bonds is 5. The molecule has 0 aliphatic carbocycles. The maximum absolute atomic E-state index is 14.0. The van der Waals surface area contributed by atoms with Gasteiger partial charge in [0, 0.05) is 23.2 Å². The summed E-state index contributed by atoms with van der Waals surface area (Å²) in [4.78, 5) is 14.8. The Labute approximate surface area is 137 Å². The summed E-state index contributed by atoms with van der Waals surface area (Å²) in [7, 11) is 0. The molecule has 1 N–H and O–H groups in total. The van der Waals surface area contributed by atoms with Gasteiger partial charge >= 0.3 is 5.97 Å². The van der Waals surface area contributed by atoms with Crippen molar-refractivity contribution < 1.29 is 19.0 Å². The zero-order valence-corrected chi connectivity index (χ0v) is 12.6. The molecule has 24 heavy (non-hydrogen) atoms. The highest BCUT2D eigenvalue weighted by Gasteiger charge is 2.05. The van der Waals surface area contributed by atoms with E-state index in [0.717, 1.165) is 17.0 Å². The van der Waals surface area contributed by atoms with Gasteiger partial charge in [-0.1, -0.05) is 30.3 Å². The van der Waals surface area contributed by atoms with Crippen LogP contribution in [0.3, 0.4) is 0 Å². The van der Waals surface area contributed by atoms with Gasteiger partial charge in [0.15, 0.2) is 0 Å². The van der Waals surface area contributed by atoms with Crippen molar-refractivity contribution in [2.24, 2.45) is 0 Å². The Hall–Kier alpha value is -3.21. The highest BCUT2D eigenvalue weighted by molar-refractivity contribution is 5.85. The molecule has 0 atom stereocenters. The Kier molecular flexibility index (Phi) is 4.52. The van der Waals surface area contributed by atoms with Crippen LogP contribution in [-0.4, -0.2) is 16.1 Å². The van der Waals surface area contributed by atoms with Crippen molar-refractivity contribution in [3.8, 4) is 5.75 Å². The van der Waals surface area contributed by atoms with E-state index in [1.807, 2.05) is 30.3 Å². The SMILES string of the molecule is O=C(O)/C=C/c1ccc(COc2cccc3cccnc23)cc1F. The minimum atomic E-state index is -1.12. The van der Waals surface area contributed by atoms with Crippen LogP contribution in [-0.2, 0) is 11.4 Å². The van der Waals surface area contributed by atoms with E-state index in [-0.39, 0.29) is 12.2 Å². The first-order valence-electron chi connectivity index (χ1n) is 7.29. The van der Waals surface area contributed by atoms with Gasteiger partial charge in [-0.25, -0.2) is 9.18 Å². The molecule has 4 nitrogen and oxygen atoms in total. The van der Waals surface area contributed by atoms with Gasteiger partial charge in [0.05, 0.1) is 0 Å². The van der Waals surface area contributed by atoms with Gasteiger partial charge < -0.3 is 9.84 Å². The fourth-order valence-corrected chi connectivity index (χ4v) is 2.31. The third-order valence-electron chi connectivity index (χ3n) is 3.46. The summed E-state index contributed by atoms with van der Waals surface area (Å²) in [6.07, 6.45) is 3.81. The number of carboxylic acids is 1. The fourth-order valence-electron chi connectivity index (χ4n) is 2.31. The first-order valence-corrected chi connectivity index (χ1v) is 7.29. The molecule has 2 aromatic carbocycles. The number of benzene rings is 2. The number of aromatic nitrogens is 1. The van der Waals surface area contributed by atoms with Crippen LogP contribution in [0, 0.1) is 5.82 Å². The van der Waals surface area contributed by atoms with Crippen molar-refractivity contribution in [2.75, 3.05) is 0 Å². The van der Waals surface area contributed by atoms with Gasteiger partial charge in [-0.3, -0.25) is 4.98 Å². The highest BCUT2D eigenvalue weighted by Crippen LogP contribution is 2.24. The van der Waals surface area contributed by atoms with E-state index in [1.54, 1.807) is 12.3 Å². The minimum Gasteiger partial charge on any atom is -0.487 e. The highest BCUT2D eigenvalue weighted by atomic mass is 19.1. The molecular formula is C19H14FNO3. The van der Waals surface area contributed by atoms with Crippen LogP contribution in [0.25, 0.3) is 17.0 Å². The molecule has 5 heteroatoms. The molecule has 0 fully saturated rings. The Bertz CT molecular complexity index is 916. The van der Waals surface area contributed by atoms with Crippen molar-refractivity contribution in [2.45, 2.75) is 6.61 Å². The van der Waals surface area contributed by atoms with Crippen LogP contribution in [0.4, 0.5) is 4.39 Å². The molecule has 0 radical (unpaired) electrons. The van der Waals surface area contributed by atoms with Crippen LogP contribution >= 0.6 is 0 Å². The zero-order valence-electron chi connectivity index (χ0n) is 12.6. The molecule has 1 heterocycles. The van der Waals surface area contributed by atoms with Gasteiger partial charge in [-0.2, -0.15) is 0 Å². The lowest BCUT2D eigenvalue weighted by atomic mass is 10.1. The molecule has 0 amide bonds. The van der Waals surface area contributed by atoms with E-state index in [0.29, 0.717) is 11.3 Å². The molecule has 0 bridgehead atoms. The maximum Gasteiger partial charge on any atom is 0.328 e. The summed E-state index contributed by atoms with van der Waals surface area (Å²) in [5, 5.41) is 9.55. The number of fused-ring (bicyclic) bond motifs is 1. The summed E-state index contributed by atoms with van der Waals surface area (Å²) in [5.41, 5.74) is 1.61. The average Bonchev–Trinajstić information content (AvgIpc) is 2.59. The number of nitrogens with zero attached hydrogens (tertiary/aromatic N) is 1. The second-order valence-corrected chi connectivity index (χ2v) is 5.15. The van der Waals surface area contributed by atoms with Gasteiger partial charge in [-0.15, -0.1) is 0 Å². The van der Waals surface area contributed by atoms with Gasteiger partial charge in [0.2, 0.25) is 0 Å². The third-order valence-corrected chi connectivity index (χ3v) is 3.46. The summed E-state index contributed by atoms with van der Waals surface area (Å²) >= 11 is 0. The maximum atomic E-state index is 14.0. The number of pyridine rings is 1. The van der Waals surface area contributed by atoms with Crippen LogP contribution < -0.4 is 4.74 Å². The molecule has 3 rings (SSSR count). The Balaban J connectivity index is 1.77. The van der Waals surface area contributed by atoms with Crippen LogP contribution in [0.1, 0.15) is 11.1 Å². The second-order valence-electron chi connectivity index (χ2n) is 5.15. The number of para-hydroxylation sites is 1. The van der Waals surface area contributed by atoms with E-state index < -0.39 is 11.8 Å². The standard InChI is InChI=1S/C19H14FNO3/c20-16-11-13(6-7-14(16)8-9-18(22)23)12-24-17-5-1-3-15-4-2-10-21-19(15)17/h1-11H,12H2,(H,22,23)/b9-8+. The summed E-state index contributed by atoms with van der Waals surface area (Å²) in [6.45, 7) is 0.190.